The van der Waals surface area contributed by atoms with Crippen LogP contribution in [-0.4, -0.2) is 25.2 Å². The number of hydrogen-bond acceptors (Lipinski definition) is 4. The maximum atomic E-state index is 12.0. The molecule has 0 heterocycles. The Morgan fingerprint density at radius 1 is 0.654 bits per heavy atom. The molecule has 4 unspecified atom stereocenters. The minimum Gasteiger partial charge on any atom is -0.210 e. The van der Waals surface area contributed by atoms with E-state index in [-0.39, 0.29) is 31.6 Å². The molecular weight excluding hydrogens is 356 g/mol. The van der Waals surface area contributed by atoms with Crippen LogP contribution in [0.25, 0.3) is 0 Å². The zero-order valence-electron chi connectivity index (χ0n) is 15.9. The normalized spacial score (nSPS) is 13.8. The number of hydrogen-bond donors (Lipinski definition) is 0. The van der Waals surface area contributed by atoms with Crippen molar-refractivity contribution in [1.82, 2.24) is 0 Å². The fourth-order valence-corrected chi connectivity index (χ4v) is 1.46. The Balaban J connectivity index is -0.0000000845. The zero-order chi connectivity index (χ0) is 21.2. The quantitative estimate of drug-likeness (QED) is 0.555. The lowest BCUT2D eigenvalue weighted by atomic mass is 9.86. The first kappa shape index (κ1) is 35.6. The van der Waals surface area contributed by atoms with Gasteiger partial charge in [0.15, 0.2) is 0 Å². The molecule has 0 saturated heterocycles. The average molecular weight is 390 g/mol. The molecule has 0 saturated carbocycles. The SMILES string of the molecule is C.CC(C)C(C)C(C)C(F)F.CCC(C)C(C)C(F)F.O=C=O.O=C=O. The average Bonchev–Trinajstić information content (AvgIpc) is 2.53. The van der Waals surface area contributed by atoms with Crippen LogP contribution in [0.2, 0.25) is 0 Å². The van der Waals surface area contributed by atoms with Crippen molar-refractivity contribution in [3.63, 3.8) is 0 Å². The van der Waals surface area contributed by atoms with Crippen molar-refractivity contribution in [3.8, 4) is 0 Å². The van der Waals surface area contributed by atoms with Crippen LogP contribution in [0.5, 0.6) is 0 Å². The van der Waals surface area contributed by atoms with E-state index in [2.05, 4.69) is 0 Å². The van der Waals surface area contributed by atoms with Crippen molar-refractivity contribution in [2.75, 3.05) is 0 Å². The Labute approximate surface area is 154 Å². The summed E-state index contributed by atoms with van der Waals surface area (Å²) < 4.78 is 47.8. The zero-order valence-corrected chi connectivity index (χ0v) is 15.9. The van der Waals surface area contributed by atoms with Gasteiger partial charge in [0.05, 0.1) is 0 Å². The molecule has 8 heteroatoms. The second-order valence-corrected chi connectivity index (χ2v) is 6.04. The van der Waals surface area contributed by atoms with Crippen molar-refractivity contribution in [1.29, 1.82) is 0 Å². The summed E-state index contributed by atoms with van der Waals surface area (Å²) in [5.74, 6) is -0.316. The summed E-state index contributed by atoms with van der Waals surface area (Å²) in [6.07, 6.45) is -2.98. The lowest BCUT2D eigenvalue weighted by Gasteiger charge is -2.22. The van der Waals surface area contributed by atoms with Crippen LogP contribution in [-0.2, 0) is 19.2 Å². The highest BCUT2D eigenvalue weighted by molar-refractivity contribution is 5.20. The topological polar surface area (TPSA) is 68.3 Å². The van der Waals surface area contributed by atoms with Crippen LogP contribution >= 0.6 is 0 Å². The fraction of sp³-hybridized carbons (Fsp3) is 0.889. The molecule has 26 heavy (non-hydrogen) atoms. The van der Waals surface area contributed by atoms with E-state index in [1.54, 1.807) is 13.8 Å². The number of rotatable bonds is 6. The lowest BCUT2D eigenvalue weighted by Crippen LogP contribution is -2.20. The molecule has 0 aromatic heterocycles. The van der Waals surface area contributed by atoms with E-state index in [1.807, 2.05) is 34.6 Å². The number of alkyl halides is 4. The van der Waals surface area contributed by atoms with E-state index in [1.165, 1.54) is 0 Å². The van der Waals surface area contributed by atoms with Gasteiger partial charge in [0.1, 0.15) is 0 Å². The van der Waals surface area contributed by atoms with E-state index in [0.29, 0.717) is 5.92 Å². The first-order chi connectivity index (χ1) is 11.4. The Morgan fingerprint density at radius 3 is 1.00 bits per heavy atom. The maximum Gasteiger partial charge on any atom is 0.373 e. The van der Waals surface area contributed by atoms with Gasteiger partial charge < -0.3 is 0 Å². The first-order valence-corrected chi connectivity index (χ1v) is 7.94. The second kappa shape index (κ2) is 23.5. The van der Waals surface area contributed by atoms with Gasteiger partial charge in [0, 0.05) is 11.8 Å². The molecule has 0 aromatic carbocycles. The molecular formula is C18H34F4O4. The molecule has 0 fully saturated rings. The van der Waals surface area contributed by atoms with E-state index in [9.17, 15) is 17.6 Å². The highest BCUT2D eigenvalue weighted by atomic mass is 19.3. The lowest BCUT2D eigenvalue weighted by molar-refractivity contribution is -0.193. The number of carbonyl (C=O) groups excluding carboxylic acids is 4. The Hall–Kier alpha value is -1.52. The van der Waals surface area contributed by atoms with Crippen molar-refractivity contribution in [3.05, 3.63) is 0 Å². The van der Waals surface area contributed by atoms with Crippen LogP contribution in [0, 0.1) is 29.6 Å². The molecule has 4 atom stereocenters. The third-order valence-corrected chi connectivity index (χ3v) is 4.22. The Bertz CT molecular complexity index is 327. The molecule has 0 aromatic rings. The molecule has 0 aliphatic carbocycles. The van der Waals surface area contributed by atoms with Crippen LogP contribution in [0.4, 0.5) is 17.6 Å². The molecule has 158 valence electrons. The molecule has 0 rings (SSSR count). The van der Waals surface area contributed by atoms with Gasteiger partial charge in [-0.15, -0.1) is 0 Å². The Kier molecular flexibility index (Phi) is 32.1. The van der Waals surface area contributed by atoms with Crippen molar-refractivity contribution in [2.24, 2.45) is 29.6 Å². The van der Waals surface area contributed by atoms with Crippen molar-refractivity contribution < 1.29 is 36.7 Å². The maximum absolute atomic E-state index is 12.0. The predicted molar refractivity (Wildman–Crippen MR) is 90.5 cm³/mol. The van der Waals surface area contributed by atoms with Gasteiger partial charge in [-0.2, -0.15) is 19.2 Å². The van der Waals surface area contributed by atoms with Gasteiger partial charge in [-0.25, -0.2) is 17.6 Å². The molecule has 0 spiro atoms. The van der Waals surface area contributed by atoms with E-state index in [4.69, 9.17) is 19.2 Å². The summed E-state index contributed by atoms with van der Waals surface area (Å²) in [6, 6.07) is 0. The summed E-state index contributed by atoms with van der Waals surface area (Å²) in [7, 11) is 0. The molecule has 0 aliphatic heterocycles. The molecule has 0 radical (unpaired) electrons. The van der Waals surface area contributed by atoms with Gasteiger partial charge in [0.2, 0.25) is 12.9 Å². The van der Waals surface area contributed by atoms with E-state index < -0.39 is 24.7 Å². The monoisotopic (exact) mass is 390 g/mol. The largest absolute Gasteiger partial charge is 0.373 e. The highest BCUT2D eigenvalue weighted by Crippen LogP contribution is 2.25. The minimum atomic E-state index is -2.17. The summed E-state index contributed by atoms with van der Waals surface area (Å²) in [4.78, 5) is 32.5. The molecule has 4 nitrogen and oxygen atoms in total. The highest BCUT2D eigenvalue weighted by Gasteiger charge is 2.23. The smallest absolute Gasteiger partial charge is 0.210 e. The predicted octanol–water partition coefficient (Wildman–Crippen LogP) is 5.58. The summed E-state index contributed by atoms with van der Waals surface area (Å²) in [6.45, 7) is 12.8. The standard InChI is InChI=1S/C8H16F2.C7H14F2.2CO2.CH4/c1-5(2)6(3)7(4)8(9)10;1-4-5(2)6(3)7(8)9;2*2-1-3;/h5-8H,1-4H3;5-7H,4H2,1-3H3;;;1H4. The summed E-state index contributed by atoms with van der Waals surface area (Å²) in [5, 5.41) is 0. The van der Waals surface area contributed by atoms with Gasteiger partial charge in [-0.3, -0.25) is 0 Å². The van der Waals surface area contributed by atoms with Gasteiger partial charge in [-0.05, 0) is 17.8 Å². The van der Waals surface area contributed by atoms with E-state index >= 15 is 0 Å². The summed E-state index contributed by atoms with van der Waals surface area (Å²) >= 11 is 0. The summed E-state index contributed by atoms with van der Waals surface area (Å²) in [5.41, 5.74) is 0. The third kappa shape index (κ3) is 24.7. The molecule has 0 amide bonds. The fourth-order valence-electron chi connectivity index (χ4n) is 1.46. The first-order valence-electron chi connectivity index (χ1n) is 7.94. The van der Waals surface area contributed by atoms with Gasteiger partial charge in [0.25, 0.3) is 0 Å². The van der Waals surface area contributed by atoms with Crippen LogP contribution in [0.3, 0.4) is 0 Å². The van der Waals surface area contributed by atoms with Crippen LogP contribution < -0.4 is 0 Å². The Morgan fingerprint density at radius 2 is 0.923 bits per heavy atom. The molecule has 0 bridgehead atoms. The van der Waals surface area contributed by atoms with Crippen LogP contribution in [0.15, 0.2) is 0 Å². The van der Waals surface area contributed by atoms with Crippen LogP contribution in [0.1, 0.15) is 62.3 Å². The molecule has 0 N–H and O–H groups in total. The molecule has 0 aliphatic rings. The second-order valence-electron chi connectivity index (χ2n) is 6.04. The van der Waals surface area contributed by atoms with Crippen molar-refractivity contribution in [2.45, 2.75) is 75.2 Å². The van der Waals surface area contributed by atoms with E-state index in [0.717, 1.165) is 6.42 Å². The van der Waals surface area contributed by atoms with Gasteiger partial charge >= 0.3 is 12.3 Å². The third-order valence-electron chi connectivity index (χ3n) is 4.22. The number of halogens is 4. The minimum absolute atomic E-state index is 0. The van der Waals surface area contributed by atoms with Crippen molar-refractivity contribution >= 4 is 12.3 Å². The van der Waals surface area contributed by atoms with Gasteiger partial charge in [-0.1, -0.05) is 62.3 Å².